The predicted molar refractivity (Wildman–Crippen MR) is 118 cm³/mol. The highest BCUT2D eigenvalue weighted by Crippen LogP contribution is 2.26. The number of nitrogen functional groups attached to an aromatic ring is 1. The molecule has 0 spiro atoms. The summed E-state index contributed by atoms with van der Waals surface area (Å²) in [5.74, 6) is 0.807. The molecule has 0 bridgehead atoms. The standard InChI is InChI=1S/C22H25N7O/c23-19-20(26-27-22(30)18-9-5-2-6-10-18)24-16-25-21(19)29-13-11-28(12-14-29)15-17-7-3-1-4-8-17/h1-10,16H,11-15,23H2,(H,27,30)(H,24,25,26). The van der Waals surface area contributed by atoms with Crippen molar-refractivity contribution in [2.24, 2.45) is 0 Å². The minimum Gasteiger partial charge on any atom is -0.393 e. The molecule has 0 unspecified atom stereocenters. The summed E-state index contributed by atoms with van der Waals surface area (Å²) in [6.07, 6.45) is 1.46. The maximum absolute atomic E-state index is 12.2. The molecule has 4 rings (SSSR count). The van der Waals surface area contributed by atoms with Crippen LogP contribution in [0.3, 0.4) is 0 Å². The van der Waals surface area contributed by atoms with E-state index in [0.29, 0.717) is 22.9 Å². The second kappa shape index (κ2) is 9.23. The van der Waals surface area contributed by atoms with E-state index >= 15 is 0 Å². The Hall–Kier alpha value is -3.65. The third-order valence-corrected chi connectivity index (χ3v) is 5.11. The molecule has 8 nitrogen and oxygen atoms in total. The molecule has 0 saturated carbocycles. The molecular formula is C22H25N7O. The van der Waals surface area contributed by atoms with Gasteiger partial charge in [0.1, 0.15) is 12.0 Å². The maximum Gasteiger partial charge on any atom is 0.269 e. The van der Waals surface area contributed by atoms with Crippen LogP contribution in [0.1, 0.15) is 15.9 Å². The first kappa shape index (κ1) is 19.7. The lowest BCUT2D eigenvalue weighted by molar-refractivity contribution is 0.0962. The van der Waals surface area contributed by atoms with Gasteiger partial charge in [-0.2, -0.15) is 0 Å². The molecule has 2 heterocycles. The van der Waals surface area contributed by atoms with Crippen molar-refractivity contribution in [3.8, 4) is 0 Å². The number of nitrogens with one attached hydrogen (secondary N) is 2. The lowest BCUT2D eigenvalue weighted by Gasteiger charge is -2.36. The molecule has 2 aromatic carbocycles. The van der Waals surface area contributed by atoms with E-state index in [1.165, 1.54) is 11.9 Å². The fourth-order valence-electron chi connectivity index (χ4n) is 3.47. The third-order valence-electron chi connectivity index (χ3n) is 5.11. The normalized spacial score (nSPS) is 14.3. The lowest BCUT2D eigenvalue weighted by atomic mass is 10.2. The molecule has 0 aliphatic carbocycles. The van der Waals surface area contributed by atoms with E-state index in [0.717, 1.165) is 32.7 Å². The van der Waals surface area contributed by atoms with Gasteiger partial charge >= 0.3 is 0 Å². The maximum atomic E-state index is 12.2. The van der Waals surface area contributed by atoms with Crippen LogP contribution in [-0.2, 0) is 6.54 Å². The third kappa shape index (κ3) is 4.66. The van der Waals surface area contributed by atoms with Crippen LogP contribution in [-0.4, -0.2) is 47.0 Å². The number of carbonyl (C=O) groups is 1. The van der Waals surface area contributed by atoms with E-state index in [-0.39, 0.29) is 5.91 Å². The Morgan fingerprint density at radius 2 is 1.60 bits per heavy atom. The number of anilines is 3. The first-order chi connectivity index (χ1) is 14.7. The summed E-state index contributed by atoms with van der Waals surface area (Å²) in [4.78, 5) is 25.3. The molecule has 1 fully saturated rings. The molecule has 1 aliphatic rings. The SMILES string of the molecule is Nc1c(NNC(=O)c2ccccc2)ncnc1N1CCN(Cc2ccccc2)CC1. The second-order valence-electron chi connectivity index (χ2n) is 7.15. The van der Waals surface area contributed by atoms with Gasteiger partial charge in [0.25, 0.3) is 5.91 Å². The van der Waals surface area contributed by atoms with Crippen molar-refractivity contribution < 1.29 is 4.79 Å². The largest absolute Gasteiger partial charge is 0.393 e. The van der Waals surface area contributed by atoms with Crippen LogP contribution in [0.2, 0.25) is 0 Å². The summed E-state index contributed by atoms with van der Waals surface area (Å²) in [6, 6.07) is 19.4. The molecule has 1 aliphatic heterocycles. The summed E-state index contributed by atoms with van der Waals surface area (Å²) in [6.45, 7) is 4.43. The predicted octanol–water partition coefficient (Wildman–Crippen LogP) is 2.14. The second-order valence-corrected chi connectivity index (χ2v) is 7.15. The Labute approximate surface area is 175 Å². The zero-order valence-electron chi connectivity index (χ0n) is 16.7. The van der Waals surface area contributed by atoms with E-state index in [9.17, 15) is 4.79 Å². The number of carbonyl (C=O) groups excluding carboxylic acids is 1. The van der Waals surface area contributed by atoms with Gasteiger partial charge in [0.2, 0.25) is 0 Å². The van der Waals surface area contributed by atoms with Crippen molar-refractivity contribution in [2.45, 2.75) is 6.54 Å². The number of nitrogens with zero attached hydrogens (tertiary/aromatic N) is 4. The Morgan fingerprint density at radius 3 is 2.30 bits per heavy atom. The number of hydrogen-bond donors (Lipinski definition) is 3. The highest BCUT2D eigenvalue weighted by molar-refractivity contribution is 5.95. The number of benzene rings is 2. The van der Waals surface area contributed by atoms with Crippen LogP contribution in [0.5, 0.6) is 0 Å². The van der Waals surface area contributed by atoms with Gasteiger partial charge < -0.3 is 10.6 Å². The molecule has 1 aromatic heterocycles. The van der Waals surface area contributed by atoms with E-state index < -0.39 is 0 Å². The number of nitrogens with two attached hydrogens (primary N) is 1. The minimum absolute atomic E-state index is 0.260. The van der Waals surface area contributed by atoms with Gasteiger partial charge in [0.05, 0.1) is 0 Å². The van der Waals surface area contributed by atoms with Gasteiger partial charge in [-0.25, -0.2) is 9.97 Å². The van der Waals surface area contributed by atoms with Gasteiger partial charge in [-0.15, -0.1) is 0 Å². The van der Waals surface area contributed by atoms with Crippen molar-refractivity contribution >= 4 is 23.2 Å². The zero-order valence-corrected chi connectivity index (χ0v) is 16.7. The number of amides is 1. The molecule has 0 radical (unpaired) electrons. The molecule has 4 N–H and O–H groups in total. The van der Waals surface area contributed by atoms with Crippen LogP contribution >= 0.6 is 0 Å². The zero-order chi connectivity index (χ0) is 20.8. The minimum atomic E-state index is -0.260. The fourth-order valence-corrected chi connectivity index (χ4v) is 3.47. The van der Waals surface area contributed by atoms with Crippen molar-refractivity contribution in [3.05, 3.63) is 78.1 Å². The first-order valence-electron chi connectivity index (χ1n) is 9.94. The Kier molecular flexibility index (Phi) is 6.05. The highest BCUT2D eigenvalue weighted by Gasteiger charge is 2.21. The monoisotopic (exact) mass is 403 g/mol. The number of hydrazine groups is 1. The van der Waals surface area contributed by atoms with Gasteiger partial charge in [-0.1, -0.05) is 48.5 Å². The summed E-state index contributed by atoms with van der Waals surface area (Å²) < 4.78 is 0. The van der Waals surface area contributed by atoms with Crippen molar-refractivity contribution in [1.29, 1.82) is 0 Å². The van der Waals surface area contributed by atoms with E-state index in [1.807, 2.05) is 24.3 Å². The van der Waals surface area contributed by atoms with Crippen LogP contribution in [0.15, 0.2) is 67.0 Å². The number of hydrogen-bond acceptors (Lipinski definition) is 7. The van der Waals surface area contributed by atoms with E-state index in [4.69, 9.17) is 5.73 Å². The van der Waals surface area contributed by atoms with E-state index in [1.54, 1.807) is 12.1 Å². The van der Waals surface area contributed by atoms with Crippen molar-refractivity contribution in [2.75, 3.05) is 42.2 Å². The average Bonchev–Trinajstić information content (AvgIpc) is 2.80. The Bertz CT molecular complexity index is 973. The van der Waals surface area contributed by atoms with Crippen molar-refractivity contribution in [1.82, 2.24) is 20.3 Å². The Morgan fingerprint density at radius 1 is 0.933 bits per heavy atom. The van der Waals surface area contributed by atoms with E-state index in [2.05, 4.69) is 54.9 Å². The molecule has 0 atom stereocenters. The number of rotatable bonds is 6. The van der Waals surface area contributed by atoms with Gasteiger partial charge in [-0.05, 0) is 17.7 Å². The van der Waals surface area contributed by atoms with Gasteiger partial charge in [0, 0.05) is 38.3 Å². The average molecular weight is 403 g/mol. The quantitative estimate of drug-likeness (QED) is 0.542. The summed E-state index contributed by atoms with van der Waals surface area (Å²) in [7, 11) is 0. The smallest absolute Gasteiger partial charge is 0.269 e. The number of aromatic nitrogens is 2. The summed E-state index contributed by atoms with van der Waals surface area (Å²) >= 11 is 0. The summed E-state index contributed by atoms with van der Waals surface area (Å²) in [5.41, 5.74) is 14.0. The van der Waals surface area contributed by atoms with Crippen molar-refractivity contribution in [3.63, 3.8) is 0 Å². The fraction of sp³-hybridized carbons (Fsp3) is 0.227. The molecular weight excluding hydrogens is 378 g/mol. The Balaban J connectivity index is 1.36. The molecule has 30 heavy (non-hydrogen) atoms. The number of piperazine rings is 1. The van der Waals surface area contributed by atoms with Crippen LogP contribution in [0.4, 0.5) is 17.3 Å². The molecule has 1 saturated heterocycles. The van der Waals surface area contributed by atoms with Gasteiger partial charge in [-0.3, -0.25) is 20.5 Å². The molecule has 8 heteroatoms. The highest BCUT2D eigenvalue weighted by atomic mass is 16.2. The van der Waals surface area contributed by atoms with Crippen LogP contribution in [0.25, 0.3) is 0 Å². The molecule has 1 amide bonds. The molecule has 3 aromatic rings. The topological polar surface area (TPSA) is 99.4 Å². The lowest BCUT2D eigenvalue weighted by Crippen LogP contribution is -2.46. The van der Waals surface area contributed by atoms with Gasteiger partial charge in [0.15, 0.2) is 11.6 Å². The molecule has 154 valence electrons. The van der Waals surface area contributed by atoms with Crippen LogP contribution in [0, 0.1) is 0 Å². The summed E-state index contributed by atoms with van der Waals surface area (Å²) in [5, 5.41) is 0. The van der Waals surface area contributed by atoms with Crippen LogP contribution < -0.4 is 21.5 Å². The first-order valence-corrected chi connectivity index (χ1v) is 9.94.